The number of thiocarbonyl (C=S) groups is 1. The summed E-state index contributed by atoms with van der Waals surface area (Å²) in [7, 11) is 10.8. The number of nitrogens with zero attached hydrogens (tertiary/aromatic N) is 2. The molecule has 0 rings (SSSR count). The monoisotopic (exact) mass is 250 g/mol. The summed E-state index contributed by atoms with van der Waals surface area (Å²) in [5.41, 5.74) is 0. The van der Waals surface area contributed by atoms with Crippen LogP contribution in [-0.4, -0.2) is 70.0 Å². The Bertz CT molecular complexity index is 194. The predicted octanol–water partition coefficient (Wildman–Crippen LogP) is -0.566. The Morgan fingerprint density at radius 1 is 0.938 bits per heavy atom. The summed E-state index contributed by atoms with van der Waals surface area (Å²) in [6.45, 7) is 0. The molecule has 0 saturated heterocycles. The van der Waals surface area contributed by atoms with E-state index in [0.29, 0.717) is 5.11 Å². The van der Waals surface area contributed by atoms with Gasteiger partial charge in [0.25, 0.3) is 0 Å². The third-order valence-corrected chi connectivity index (χ3v) is 2.13. The van der Waals surface area contributed by atoms with E-state index in [2.05, 4.69) is 10.6 Å². The molecule has 7 heteroatoms. The van der Waals surface area contributed by atoms with E-state index in [9.17, 15) is 0 Å². The van der Waals surface area contributed by atoms with E-state index in [1.807, 2.05) is 38.0 Å². The molecule has 6 nitrogen and oxygen atoms in total. The van der Waals surface area contributed by atoms with Crippen LogP contribution in [0.1, 0.15) is 0 Å². The van der Waals surface area contributed by atoms with Crippen LogP contribution < -0.4 is 10.6 Å². The van der Waals surface area contributed by atoms with Gasteiger partial charge in [0.2, 0.25) is 0 Å². The lowest BCUT2D eigenvalue weighted by atomic mass is 10.7. The van der Waals surface area contributed by atoms with E-state index in [1.165, 1.54) is 0 Å². The van der Waals surface area contributed by atoms with Crippen LogP contribution in [-0.2, 0) is 9.47 Å². The van der Waals surface area contributed by atoms with Gasteiger partial charge in [-0.1, -0.05) is 0 Å². The van der Waals surface area contributed by atoms with Crippen LogP contribution in [0.25, 0.3) is 0 Å². The Hall–Kier alpha value is -0.470. The van der Waals surface area contributed by atoms with Crippen molar-refractivity contribution in [1.82, 2.24) is 20.4 Å². The molecule has 0 radical (unpaired) electrons. The van der Waals surface area contributed by atoms with Crippen molar-refractivity contribution < 1.29 is 9.47 Å². The largest absolute Gasteiger partial charge is 0.348 e. The maximum absolute atomic E-state index is 5.19. The second-order valence-electron chi connectivity index (χ2n) is 3.72. The molecule has 0 fully saturated rings. The van der Waals surface area contributed by atoms with Gasteiger partial charge in [0, 0.05) is 14.2 Å². The summed E-state index contributed by atoms with van der Waals surface area (Å²) in [5, 5.41) is 6.48. The highest BCUT2D eigenvalue weighted by Crippen LogP contribution is 1.92. The van der Waals surface area contributed by atoms with Crippen LogP contribution in [0.3, 0.4) is 0 Å². The summed E-state index contributed by atoms with van der Waals surface area (Å²) in [6, 6.07) is 0. The zero-order valence-corrected chi connectivity index (χ0v) is 11.6. The van der Waals surface area contributed by atoms with E-state index in [0.717, 1.165) is 0 Å². The molecule has 0 aromatic carbocycles. The number of ether oxygens (including phenoxy) is 2. The third-order valence-electron chi connectivity index (χ3n) is 1.89. The molecule has 0 amide bonds. The quantitative estimate of drug-likeness (QED) is 0.484. The van der Waals surface area contributed by atoms with Crippen molar-refractivity contribution >= 4 is 17.3 Å². The highest BCUT2D eigenvalue weighted by Gasteiger charge is 2.14. The van der Waals surface area contributed by atoms with Crippen LogP contribution in [0.4, 0.5) is 0 Å². The van der Waals surface area contributed by atoms with Crippen molar-refractivity contribution in [3.05, 3.63) is 0 Å². The maximum atomic E-state index is 5.19. The molecule has 2 N–H and O–H groups in total. The normalized spacial score (nSPS) is 15.0. The van der Waals surface area contributed by atoms with Crippen LogP contribution >= 0.6 is 12.2 Å². The number of hydrogen-bond acceptors (Lipinski definition) is 5. The van der Waals surface area contributed by atoms with E-state index in [1.54, 1.807) is 14.2 Å². The first kappa shape index (κ1) is 15.5. The van der Waals surface area contributed by atoms with Crippen LogP contribution in [0.5, 0.6) is 0 Å². The van der Waals surface area contributed by atoms with Crippen molar-refractivity contribution in [2.24, 2.45) is 0 Å². The maximum Gasteiger partial charge on any atom is 0.187 e. The zero-order chi connectivity index (χ0) is 12.7. The molecule has 16 heavy (non-hydrogen) atoms. The summed E-state index contributed by atoms with van der Waals surface area (Å²) in [4.78, 5) is 3.73. The van der Waals surface area contributed by atoms with E-state index < -0.39 is 0 Å². The summed E-state index contributed by atoms with van der Waals surface area (Å²) < 4.78 is 10.4. The van der Waals surface area contributed by atoms with E-state index in [4.69, 9.17) is 21.7 Å². The summed E-state index contributed by atoms with van der Waals surface area (Å²) in [6.07, 6.45) is -0.528. The van der Waals surface area contributed by atoms with E-state index in [-0.39, 0.29) is 12.7 Å². The molecule has 0 heterocycles. The first-order chi connectivity index (χ1) is 7.42. The average Bonchev–Trinajstić information content (AvgIpc) is 2.21. The fraction of sp³-hybridized carbons (Fsp3) is 0.889. The van der Waals surface area contributed by atoms with Crippen molar-refractivity contribution in [2.45, 2.75) is 12.7 Å². The lowest BCUT2D eigenvalue weighted by molar-refractivity contribution is -0.0259. The Morgan fingerprint density at radius 3 is 1.44 bits per heavy atom. The molecule has 0 aliphatic rings. The van der Waals surface area contributed by atoms with Gasteiger partial charge in [-0.2, -0.15) is 0 Å². The molecule has 96 valence electrons. The minimum absolute atomic E-state index is 0.264. The molecule has 0 spiro atoms. The minimum atomic E-state index is -0.264. The smallest absolute Gasteiger partial charge is 0.187 e. The van der Waals surface area contributed by atoms with Gasteiger partial charge in [-0.25, -0.2) is 0 Å². The Morgan fingerprint density at radius 2 is 1.25 bits per heavy atom. The molecule has 0 aromatic heterocycles. The summed E-state index contributed by atoms with van der Waals surface area (Å²) in [5.74, 6) is 0. The van der Waals surface area contributed by atoms with Crippen molar-refractivity contribution in [3.63, 3.8) is 0 Å². The molecule has 0 aliphatic carbocycles. The Labute approximate surface area is 103 Å². The third kappa shape index (κ3) is 5.57. The lowest BCUT2D eigenvalue weighted by Gasteiger charge is -2.29. The molecular weight excluding hydrogens is 228 g/mol. The molecule has 0 aromatic rings. The van der Waals surface area contributed by atoms with Crippen molar-refractivity contribution in [1.29, 1.82) is 0 Å². The number of rotatable bonds is 6. The fourth-order valence-electron chi connectivity index (χ4n) is 1.06. The molecule has 0 bridgehead atoms. The SMILES string of the molecule is COC(NC(=S)NC(OC)N(C)C)N(C)C. The average molecular weight is 250 g/mol. The summed E-state index contributed by atoms with van der Waals surface area (Å²) >= 11 is 5.14. The van der Waals surface area contributed by atoms with Gasteiger partial charge in [0.15, 0.2) is 17.8 Å². The molecule has 2 unspecified atom stereocenters. The number of nitrogens with one attached hydrogen (secondary N) is 2. The van der Waals surface area contributed by atoms with Crippen LogP contribution in [0.15, 0.2) is 0 Å². The van der Waals surface area contributed by atoms with Crippen molar-refractivity contribution in [2.75, 3.05) is 42.4 Å². The van der Waals surface area contributed by atoms with Gasteiger partial charge in [0.05, 0.1) is 0 Å². The van der Waals surface area contributed by atoms with Gasteiger partial charge < -0.3 is 20.1 Å². The number of hydrogen-bond donors (Lipinski definition) is 2. The first-order valence-corrected chi connectivity index (χ1v) is 5.28. The predicted molar refractivity (Wildman–Crippen MR) is 67.8 cm³/mol. The fourth-order valence-corrected chi connectivity index (χ4v) is 1.27. The van der Waals surface area contributed by atoms with Gasteiger partial charge in [-0.3, -0.25) is 9.80 Å². The Kier molecular flexibility index (Phi) is 7.52. The lowest BCUT2D eigenvalue weighted by Crippen LogP contribution is -2.54. The highest BCUT2D eigenvalue weighted by molar-refractivity contribution is 7.80. The van der Waals surface area contributed by atoms with Gasteiger partial charge in [-0.05, 0) is 40.4 Å². The Balaban J connectivity index is 4.15. The van der Waals surface area contributed by atoms with Gasteiger partial charge >= 0.3 is 0 Å². The molecule has 2 atom stereocenters. The van der Waals surface area contributed by atoms with Gasteiger partial charge in [-0.15, -0.1) is 0 Å². The van der Waals surface area contributed by atoms with Gasteiger partial charge in [0.1, 0.15) is 0 Å². The number of methoxy groups -OCH3 is 2. The molecule has 0 saturated carbocycles. The zero-order valence-electron chi connectivity index (χ0n) is 10.8. The minimum Gasteiger partial charge on any atom is -0.348 e. The standard InChI is InChI=1S/C9H22N4O2S/c1-12(2)8(14-5)10-7(16)11-9(15-6)13(3)4/h8-9H,1-6H3,(H2,10,11,16). The second kappa shape index (κ2) is 7.75. The second-order valence-corrected chi connectivity index (χ2v) is 4.13. The highest BCUT2D eigenvalue weighted by atomic mass is 32.1. The van der Waals surface area contributed by atoms with Crippen molar-refractivity contribution in [3.8, 4) is 0 Å². The first-order valence-electron chi connectivity index (χ1n) is 4.87. The van der Waals surface area contributed by atoms with Crippen LogP contribution in [0.2, 0.25) is 0 Å². The van der Waals surface area contributed by atoms with E-state index >= 15 is 0 Å². The van der Waals surface area contributed by atoms with Crippen LogP contribution in [0, 0.1) is 0 Å². The topological polar surface area (TPSA) is 49.0 Å². The molecule has 0 aliphatic heterocycles. The molecular formula is C9H22N4O2S.